The van der Waals surface area contributed by atoms with Crippen molar-refractivity contribution in [3.8, 4) is 0 Å². The molecular formula is C25H31F3N4O2. The van der Waals surface area contributed by atoms with Gasteiger partial charge in [0.1, 0.15) is 5.82 Å². The number of carbonyl (C=O) groups excluding carboxylic acids is 2. The van der Waals surface area contributed by atoms with E-state index in [0.29, 0.717) is 43.9 Å². The summed E-state index contributed by atoms with van der Waals surface area (Å²) >= 11 is 0. The molecule has 0 radical (unpaired) electrons. The van der Waals surface area contributed by atoms with Crippen molar-refractivity contribution < 1.29 is 22.8 Å². The number of carbonyl (C=O) groups is 2. The molecule has 3 heterocycles. The summed E-state index contributed by atoms with van der Waals surface area (Å²) in [6, 6.07) is 5.06. The molecule has 0 fully saturated rings. The number of nitrogens with zero attached hydrogens (tertiary/aromatic N) is 4. The topological polar surface area (TPSA) is 58.4 Å². The van der Waals surface area contributed by atoms with Crippen LogP contribution in [-0.2, 0) is 30.6 Å². The van der Waals surface area contributed by atoms with E-state index < -0.39 is 17.9 Å². The first-order valence-electron chi connectivity index (χ1n) is 11.7. The van der Waals surface area contributed by atoms with Crippen molar-refractivity contribution in [1.29, 1.82) is 0 Å². The van der Waals surface area contributed by atoms with Crippen LogP contribution >= 0.6 is 0 Å². The fourth-order valence-corrected chi connectivity index (χ4v) is 4.67. The number of Topliss-reactive ketones (excluding diaryl/α,β-unsaturated/α-hetero) is 1. The average Bonchev–Trinajstić information content (AvgIpc) is 3.33. The molecule has 0 bridgehead atoms. The molecule has 1 aromatic heterocycles. The summed E-state index contributed by atoms with van der Waals surface area (Å²) in [5.41, 5.74) is 1.44. The largest absolute Gasteiger partial charge is 0.434 e. The van der Waals surface area contributed by atoms with E-state index in [2.05, 4.69) is 25.8 Å². The van der Waals surface area contributed by atoms with Crippen LogP contribution in [0.4, 0.5) is 18.9 Å². The van der Waals surface area contributed by atoms with Crippen LogP contribution in [0.1, 0.15) is 74.4 Å². The van der Waals surface area contributed by atoms with Gasteiger partial charge >= 0.3 is 6.18 Å². The Morgan fingerprint density at radius 2 is 1.88 bits per heavy atom. The zero-order chi connectivity index (χ0) is 24.8. The molecule has 1 aromatic carbocycles. The summed E-state index contributed by atoms with van der Waals surface area (Å²) in [7, 11) is 0. The van der Waals surface area contributed by atoms with Crippen LogP contribution in [0.5, 0.6) is 0 Å². The maximum atomic E-state index is 13.1. The zero-order valence-corrected chi connectivity index (χ0v) is 20.1. The highest BCUT2D eigenvalue weighted by Crippen LogP contribution is 2.33. The standard InChI is InChI=1S/C25H31F3N4O2/c1-5-19(20(33)8-9-24(2,3)4)32-13-16-12-17(6-7-18(16)23(32)34)30-10-11-31-14-21(25(26,27)28)29-22(31)15-30/h6-7,12,14,19H,5,8-11,13,15H2,1-4H3. The summed E-state index contributed by atoms with van der Waals surface area (Å²) in [5, 5.41) is 0. The first kappa shape index (κ1) is 24.3. The lowest BCUT2D eigenvalue weighted by Gasteiger charge is -2.29. The van der Waals surface area contributed by atoms with Gasteiger partial charge in [0, 0.05) is 43.5 Å². The molecule has 34 heavy (non-hydrogen) atoms. The molecule has 0 saturated carbocycles. The Labute approximate surface area is 197 Å². The molecule has 2 aliphatic rings. The Morgan fingerprint density at radius 1 is 1.15 bits per heavy atom. The number of alkyl halides is 3. The third-order valence-corrected chi connectivity index (χ3v) is 6.63. The van der Waals surface area contributed by atoms with Gasteiger partial charge < -0.3 is 14.4 Å². The fourth-order valence-electron chi connectivity index (χ4n) is 4.67. The van der Waals surface area contributed by atoms with Crippen molar-refractivity contribution in [2.45, 2.75) is 78.8 Å². The predicted octanol–water partition coefficient (Wildman–Crippen LogP) is 5.05. The maximum absolute atomic E-state index is 13.1. The van der Waals surface area contributed by atoms with Gasteiger partial charge in [-0.25, -0.2) is 4.98 Å². The predicted molar refractivity (Wildman–Crippen MR) is 122 cm³/mol. The lowest BCUT2D eigenvalue weighted by molar-refractivity contribution is -0.141. The highest BCUT2D eigenvalue weighted by atomic mass is 19.4. The Kier molecular flexibility index (Phi) is 6.25. The summed E-state index contributed by atoms with van der Waals surface area (Å²) in [4.78, 5) is 33.4. The highest BCUT2D eigenvalue weighted by molar-refractivity contribution is 6.01. The minimum atomic E-state index is -4.47. The minimum absolute atomic E-state index is 0.0465. The average molecular weight is 477 g/mol. The number of hydrogen-bond donors (Lipinski definition) is 0. The van der Waals surface area contributed by atoms with Crippen molar-refractivity contribution in [1.82, 2.24) is 14.5 Å². The van der Waals surface area contributed by atoms with Gasteiger partial charge in [-0.15, -0.1) is 0 Å². The van der Waals surface area contributed by atoms with Gasteiger partial charge in [0.25, 0.3) is 5.91 Å². The number of aromatic nitrogens is 2. The van der Waals surface area contributed by atoms with Crippen molar-refractivity contribution in [3.63, 3.8) is 0 Å². The van der Waals surface area contributed by atoms with Crippen molar-refractivity contribution in [3.05, 3.63) is 47.0 Å². The van der Waals surface area contributed by atoms with Crippen LogP contribution in [0.25, 0.3) is 0 Å². The second kappa shape index (κ2) is 8.74. The van der Waals surface area contributed by atoms with Crippen molar-refractivity contribution in [2.24, 2.45) is 5.41 Å². The first-order chi connectivity index (χ1) is 15.9. The van der Waals surface area contributed by atoms with Gasteiger partial charge in [-0.2, -0.15) is 13.2 Å². The Morgan fingerprint density at radius 3 is 2.53 bits per heavy atom. The minimum Gasteiger partial charge on any atom is -0.362 e. The molecule has 6 nitrogen and oxygen atoms in total. The Hall–Kier alpha value is -2.84. The molecule has 0 saturated heterocycles. The number of ketones is 1. The molecule has 1 amide bonds. The quantitative estimate of drug-likeness (QED) is 0.585. The van der Waals surface area contributed by atoms with Crippen LogP contribution < -0.4 is 4.90 Å². The molecule has 1 unspecified atom stereocenters. The van der Waals surface area contributed by atoms with E-state index in [9.17, 15) is 22.8 Å². The first-order valence-corrected chi connectivity index (χ1v) is 11.7. The van der Waals surface area contributed by atoms with Crippen LogP contribution in [0, 0.1) is 5.41 Å². The van der Waals surface area contributed by atoms with E-state index in [0.717, 1.165) is 23.9 Å². The number of hydrogen-bond acceptors (Lipinski definition) is 4. The molecular weight excluding hydrogens is 445 g/mol. The van der Waals surface area contributed by atoms with Gasteiger partial charge in [0.15, 0.2) is 11.5 Å². The van der Waals surface area contributed by atoms with Crippen molar-refractivity contribution >= 4 is 17.4 Å². The smallest absolute Gasteiger partial charge is 0.362 e. The molecule has 0 spiro atoms. The molecule has 4 rings (SSSR count). The normalized spacial score (nSPS) is 17.1. The second-order valence-corrected chi connectivity index (χ2v) is 10.4. The van der Waals surface area contributed by atoms with E-state index in [1.165, 1.54) is 0 Å². The molecule has 184 valence electrons. The molecule has 1 atom stereocenters. The van der Waals surface area contributed by atoms with E-state index >= 15 is 0 Å². The highest BCUT2D eigenvalue weighted by Gasteiger charge is 2.37. The van der Waals surface area contributed by atoms with Gasteiger partial charge in [-0.05, 0) is 42.0 Å². The number of amides is 1. The van der Waals surface area contributed by atoms with Crippen LogP contribution in [0.3, 0.4) is 0 Å². The number of rotatable bonds is 6. The van der Waals surface area contributed by atoms with Crippen LogP contribution in [0.15, 0.2) is 24.4 Å². The van der Waals surface area contributed by atoms with Gasteiger partial charge in [-0.1, -0.05) is 27.7 Å². The third-order valence-electron chi connectivity index (χ3n) is 6.63. The monoisotopic (exact) mass is 476 g/mol. The molecule has 2 aliphatic heterocycles. The maximum Gasteiger partial charge on any atom is 0.434 e. The number of benzene rings is 1. The van der Waals surface area contributed by atoms with Crippen molar-refractivity contribution in [2.75, 3.05) is 11.4 Å². The fraction of sp³-hybridized carbons (Fsp3) is 0.560. The molecule has 2 aromatic rings. The number of anilines is 1. The third kappa shape index (κ3) is 4.83. The lowest BCUT2D eigenvalue weighted by Crippen LogP contribution is -2.41. The number of imidazole rings is 1. The summed E-state index contributed by atoms with van der Waals surface area (Å²) in [6.07, 6.45) is -1.64. The van der Waals surface area contributed by atoms with Gasteiger partial charge in [0.05, 0.1) is 12.6 Å². The SMILES string of the molecule is CCC(C(=O)CCC(C)(C)C)N1Cc2cc(N3CCn4cc(C(F)(F)F)nc4C3)ccc2C1=O. The summed E-state index contributed by atoms with van der Waals surface area (Å²) in [6.45, 7) is 9.77. The van der Waals surface area contributed by atoms with Gasteiger partial charge in [-0.3, -0.25) is 9.59 Å². The van der Waals surface area contributed by atoms with Gasteiger partial charge in [0.2, 0.25) is 0 Å². The second-order valence-electron chi connectivity index (χ2n) is 10.4. The Bertz CT molecular complexity index is 1100. The molecule has 0 aliphatic carbocycles. The van der Waals surface area contributed by atoms with E-state index in [-0.39, 0.29) is 23.7 Å². The lowest BCUT2D eigenvalue weighted by atomic mass is 9.88. The van der Waals surface area contributed by atoms with E-state index in [4.69, 9.17) is 0 Å². The Balaban J connectivity index is 1.49. The molecule has 9 heteroatoms. The van der Waals surface area contributed by atoms with E-state index in [1.54, 1.807) is 15.5 Å². The summed E-state index contributed by atoms with van der Waals surface area (Å²) in [5.74, 6) is 0.316. The molecule has 0 N–H and O–H groups in total. The van der Waals surface area contributed by atoms with E-state index in [1.807, 2.05) is 24.0 Å². The van der Waals surface area contributed by atoms with Crippen LogP contribution in [-0.4, -0.2) is 38.7 Å². The number of fused-ring (bicyclic) bond motifs is 2. The van der Waals surface area contributed by atoms with Crippen LogP contribution in [0.2, 0.25) is 0 Å². The number of halogens is 3. The summed E-state index contributed by atoms with van der Waals surface area (Å²) < 4.78 is 40.6. The zero-order valence-electron chi connectivity index (χ0n) is 20.1.